The van der Waals surface area contributed by atoms with Crippen molar-refractivity contribution in [2.45, 2.75) is 0 Å². The second kappa shape index (κ2) is 6.59. The summed E-state index contributed by atoms with van der Waals surface area (Å²) >= 11 is 0. The molecule has 0 saturated heterocycles. The first-order chi connectivity index (χ1) is 7.81. The summed E-state index contributed by atoms with van der Waals surface area (Å²) in [5.41, 5.74) is 0.564. The van der Waals surface area contributed by atoms with E-state index in [0.717, 1.165) is 12.4 Å². The fourth-order valence-corrected chi connectivity index (χ4v) is 1.30. The molecule has 0 aliphatic carbocycles. The van der Waals surface area contributed by atoms with Gasteiger partial charge in [-0.05, 0) is 12.1 Å². The van der Waals surface area contributed by atoms with Crippen LogP contribution in [-0.4, -0.2) is 31.8 Å². The third-order valence-electron chi connectivity index (χ3n) is 2.12. The van der Waals surface area contributed by atoms with Crippen molar-refractivity contribution in [1.29, 1.82) is 5.26 Å². The Hall–Kier alpha value is -1.86. The van der Waals surface area contributed by atoms with Gasteiger partial charge in [-0.1, -0.05) is 6.08 Å². The average Bonchev–Trinajstić information content (AvgIpc) is 2.35. The molecule has 0 fully saturated rings. The van der Waals surface area contributed by atoms with Gasteiger partial charge in [0.25, 0.3) is 0 Å². The zero-order valence-electron chi connectivity index (χ0n) is 9.39. The number of hydrogen-bond acceptors (Lipinski definition) is 4. The second-order valence-electron chi connectivity index (χ2n) is 3.24. The van der Waals surface area contributed by atoms with Crippen molar-refractivity contribution in [2.75, 3.05) is 31.7 Å². The van der Waals surface area contributed by atoms with E-state index in [4.69, 9.17) is 10.00 Å². The molecule has 0 radical (unpaired) electrons. The Morgan fingerprint density at radius 2 is 2.44 bits per heavy atom. The van der Waals surface area contributed by atoms with E-state index in [1.54, 1.807) is 19.4 Å². The highest BCUT2D eigenvalue weighted by molar-refractivity contribution is 5.42. The zero-order valence-corrected chi connectivity index (χ0v) is 9.39. The van der Waals surface area contributed by atoms with Gasteiger partial charge in [-0.25, -0.2) is 4.98 Å². The Morgan fingerprint density at radius 3 is 2.94 bits per heavy atom. The van der Waals surface area contributed by atoms with Crippen LogP contribution in [0.3, 0.4) is 0 Å². The highest BCUT2D eigenvalue weighted by atomic mass is 16.5. The van der Waals surface area contributed by atoms with Crippen molar-refractivity contribution in [3.63, 3.8) is 0 Å². The first-order valence-electron chi connectivity index (χ1n) is 5.02. The predicted molar refractivity (Wildman–Crippen MR) is 63.2 cm³/mol. The van der Waals surface area contributed by atoms with Gasteiger partial charge < -0.3 is 9.64 Å². The van der Waals surface area contributed by atoms with Gasteiger partial charge in [-0.2, -0.15) is 5.26 Å². The van der Waals surface area contributed by atoms with E-state index < -0.39 is 0 Å². The molecular weight excluding hydrogens is 202 g/mol. The Labute approximate surface area is 95.8 Å². The maximum atomic E-state index is 8.67. The number of rotatable bonds is 6. The van der Waals surface area contributed by atoms with E-state index in [1.807, 2.05) is 23.1 Å². The molecule has 0 aromatic carbocycles. The van der Waals surface area contributed by atoms with Crippen LogP contribution >= 0.6 is 0 Å². The Morgan fingerprint density at radius 1 is 1.62 bits per heavy atom. The lowest BCUT2D eigenvalue weighted by molar-refractivity contribution is 0.205. The molecule has 0 amide bonds. The van der Waals surface area contributed by atoms with Crippen LogP contribution in [0.4, 0.5) is 5.82 Å². The van der Waals surface area contributed by atoms with Crippen LogP contribution in [0.5, 0.6) is 0 Å². The lowest BCUT2D eigenvalue weighted by atomic mass is 10.3. The summed E-state index contributed by atoms with van der Waals surface area (Å²) in [5.74, 6) is 0.830. The predicted octanol–water partition coefficient (Wildman–Crippen LogP) is 1.59. The molecule has 0 aliphatic heterocycles. The number of pyridine rings is 1. The summed E-state index contributed by atoms with van der Waals surface area (Å²) in [6.45, 7) is 5.80. The van der Waals surface area contributed by atoms with Crippen molar-refractivity contribution >= 4 is 5.82 Å². The van der Waals surface area contributed by atoms with Gasteiger partial charge in [0.1, 0.15) is 11.9 Å². The summed E-state index contributed by atoms with van der Waals surface area (Å²) in [7, 11) is 1.66. The van der Waals surface area contributed by atoms with E-state index in [1.165, 1.54) is 0 Å². The van der Waals surface area contributed by atoms with Gasteiger partial charge in [0, 0.05) is 26.4 Å². The number of ether oxygens (including phenoxy) is 1. The van der Waals surface area contributed by atoms with Crippen molar-refractivity contribution in [3.8, 4) is 6.07 Å². The molecule has 0 unspecified atom stereocenters. The van der Waals surface area contributed by atoms with Crippen molar-refractivity contribution in [2.24, 2.45) is 0 Å². The molecule has 1 heterocycles. The smallest absolute Gasteiger partial charge is 0.128 e. The third-order valence-corrected chi connectivity index (χ3v) is 2.12. The minimum atomic E-state index is 0.564. The highest BCUT2D eigenvalue weighted by Gasteiger charge is 2.05. The maximum Gasteiger partial charge on any atom is 0.128 e. The van der Waals surface area contributed by atoms with Crippen LogP contribution in [0.1, 0.15) is 5.56 Å². The summed E-state index contributed by atoms with van der Waals surface area (Å²) in [6, 6.07) is 5.63. The standard InChI is InChI=1S/C12H15N3O/c1-3-6-15(7-8-16-2)12-5-4-11(9-13)10-14-12/h3-5,10H,1,6-8H2,2H3. The Balaban J connectivity index is 2.75. The summed E-state index contributed by atoms with van der Waals surface area (Å²) in [6.07, 6.45) is 3.38. The highest BCUT2D eigenvalue weighted by Crippen LogP contribution is 2.10. The first kappa shape index (κ1) is 12.2. The van der Waals surface area contributed by atoms with Gasteiger partial charge in [-0.3, -0.25) is 0 Å². The molecular formula is C12H15N3O. The van der Waals surface area contributed by atoms with Crippen molar-refractivity contribution in [3.05, 3.63) is 36.5 Å². The van der Waals surface area contributed by atoms with Crippen LogP contribution in [0.25, 0.3) is 0 Å². The molecule has 0 N–H and O–H groups in total. The van der Waals surface area contributed by atoms with Crippen LogP contribution in [-0.2, 0) is 4.74 Å². The largest absolute Gasteiger partial charge is 0.383 e. The van der Waals surface area contributed by atoms with Crippen LogP contribution < -0.4 is 4.90 Å². The molecule has 4 nitrogen and oxygen atoms in total. The number of hydrogen-bond donors (Lipinski definition) is 0. The molecule has 1 rings (SSSR count). The molecule has 1 aromatic rings. The number of anilines is 1. The van der Waals surface area contributed by atoms with Gasteiger partial charge in [0.2, 0.25) is 0 Å². The van der Waals surface area contributed by atoms with Gasteiger partial charge >= 0.3 is 0 Å². The van der Waals surface area contributed by atoms with Gasteiger partial charge in [0.15, 0.2) is 0 Å². The van der Waals surface area contributed by atoms with E-state index in [2.05, 4.69) is 11.6 Å². The van der Waals surface area contributed by atoms with Crippen LogP contribution in [0, 0.1) is 11.3 Å². The molecule has 1 aromatic heterocycles. The quantitative estimate of drug-likeness (QED) is 0.679. The third kappa shape index (κ3) is 3.37. The Bertz CT molecular complexity index is 367. The van der Waals surface area contributed by atoms with Crippen molar-refractivity contribution < 1.29 is 4.74 Å². The minimum Gasteiger partial charge on any atom is -0.383 e. The topological polar surface area (TPSA) is 49.1 Å². The maximum absolute atomic E-state index is 8.67. The lowest BCUT2D eigenvalue weighted by Gasteiger charge is -2.21. The molecule has 0 atom stereocenters. The summed E-state index contributed by atoms with van der Waals surface area (Å²) in [4.78, 5) is 6.26. The molecule has 0 aliphatic rings. The number of methoxy groups -OCH3 is 1. The molecule has 0 bridgehead atoms. The van der Waals surface area contributed by atoms with Crippen LogP contribution in [0.15, 0.2) is 31.0 Å². The van der Waals surface area contributed by atoms with Crippen LogP contribution in [0.2, 0.25) is 0 Å². The average molecular weight is 217 g/mol. The van der Waals surface area contributed by atoms with E-state index in [-0.39, 0.29) is 0 Å². The van der Waals surface area contributed by atoms with E-state index in [9.17, 15) is 0 Å². The molecule has 4 heteroatoms. The van der Waals surface area contributed by atoms with Gasteiger partial charge in [0.05, 0.1) is 12.2 Å². The lowest BCUT2D eigenvalue weighted by Crippen LogP contribution is -2.28. The normalized spacial score (nSPS) is 9.50. The molecule has 0 spiro atoms. The number of nitrogens with zero attached hydrogens (tertiary/aromatic N) is 3. The molecule has 0 saturated carbocycles. The molecule has 16 heavy (non-hydrogen) atoms. The van der Waals surface area contributed by atoms with E-state index in [0.29, 0.717) is 18.7 Å². The molecule has 84 valence electrons. The zero-order chi connectivity index (χ0) is 11.8. The number of aromatic nitrogens is 1. The van der Waals surface area contributed by atoms with Gasteiger partial charge in [-0.15, -0.1) is 6.58 Å². The Kier molecular flexibility index (Phi) is 5.03. The van der Waals surface area contributed by atoms with Crippen molar-refractivity contribution in [1.82, 2.24) is 4.98 Å². The van der Waals surface area contributed by atoms with E-state index >= 15 is 0 Å². The summed E-state index contributed by atoms with van der Waals surface area (Å²) in [5, 5.41) is 8.67. The SMILES string of the molecule is C=CCN(CCOC)c1ccc(C#N)cn1. The fraction of sp³-hybridized carbons (Fsp3) is 0.333. The second-order valence-corrected chi connectivity index (χ2v) is 3.24. The number of nitriles is 1. The monoisotopic (exact) mass is 217 g/mol. The first-order valence-corrected chi connectivity index (χ1v) is 5.02. The fourth-order valence-electron chi connectivity index (χ4n) is 1.30. The minimum absolute atomic E-state index is 0.564. The summed E-state index contributed by atoms with van der Waals surface area (Å²) < 4.78 is 5.03.